The molecule has 0 fully saturated rings. The molecule has 0 aliphatic rings. The van der Waals surface area contributed by atoms with Crippen molar-refractivity contribution >= 4 is 6.09 Å². The Balaban J connectivity index is 2.33. The van der Waals surface area contributed by atoms with Crippen LogP contribution >= 0.6 is 0 Å². The highest BCUT2D eigenvalue weighted by Gasteiger charge is 2.17. The van der Waals surface area contributed by atoms with Crippen LogP contribution in [0.15, 0.2) is 18.6 Å². The third kappa shape index (κ3) is 6.47. The SMILES string of the molecule is CC(CNC(=O)OC(C)(C)C)NC(C)c1cnccn1. The van der Waals surface area contributed by atoms with Gasteiger partial charge in [0, 0.05) is 37.2 Å². The molecule has 2 unspecified atom stereocenters. The fraction of sp³-hybridized carbons (Fsp3) is 0.643. The first-order chi connectivity index (χ1) is 9.28. The summed E-state index contributed by atoms with van der Waals surface area (Å²) in [6.45, 7) is 10.00. The predicted molar refractivity (Wildman–Crippen MR) is 77.3 cm³/mol. The highest BCUT2D eigenvalue weighted by Crippen LogP contribution is 2.08. The van der Waals surface area contributed by atoms with E-state index in [0.29, 0.717) is 6.54 Å². The lowest BCUT2D eigenvalue weighted by Crippen LogP contribution is -2.42. The van der Waals surface area contributed by atoms with Gasteiger partial charge in [0.25, 0.3) is 0 Å². The zero-order valence-electron chi connectivity index (χ0n) is 12.8. The summed E-state index contributed by atoms with van der Waals surface area (Å²) in [5.74, 6) is 0. The van der Waals surface area contributed by atoms with Crippen LogP contribution in [-0.4, -0.2) is 34.2 Å². The van der Waals surface area contributed by atoms with Crippen LogP contribution in [0.5, 0.6) is 0 Å². The van der Waals surface area contributed by atoms with E-state index in [1.807, 2.05) is 34.6 Å². The molecule has 0 bridgehead atoms. The molecule has 6 nitrogen and oxygen atoms in total. The van der Waals surface area contributed by atoms with Crippen molar-refractivity contribution in [3.8, 4) is 0 Å². The normalized spacial score (nSPS) is 14.4. The molecule has 0 aromatic carbocycles. The maximum atomic E-state index is 11.5. The number of amides is 1. The topological polar surface area (TPSA) is 76.1 Å². The van der Waals surface area contributed by atoms with Crippen LogP contribution in [0.3, 0.4) is 0 Å². The van der Waals surface area contributed by atoms with Gasteiger partial charge >= 0.3 is 6.09 Å². The van der Waals surface area contributed by atoms with Gasteiger partial charge in [-0.1, -0.05) is 0 Å². The quantitative estimate of drug-likeness (QED) is 0.863. The summed E-state index contributed by atoms with van der Waals surface area (Å²) in [6, 6.07) is 0.165. The standard InChI is InChI=1S/C14H24N4O2/c1-10(8-17-13(19)20-14(3,4)5)18-11(2)12-9-15-6-7-16-12/h6-7,9-11,18H,8H2,1-5H3,(H,17,19). The molecule has 0 aliphatic heterocycles. The van der Waals surface area contributed by atoms with E-state index >= 15 is 0 Å². The van der Waals surface area contributed by atoms with E-state index in [-0.39, 0.29) is 12.1 Å². The Kier molecular flexibility index (Phi) is 5.88. The Hall–Kier alpha value is -1.69. The lowest BCUT2D eigenvalue weighted by Gasteiger charge is -2.22. The highest BCUT2D eigenvalue weighted by atomic mass is 16.6. The maximum Gasteiger partial charge on any atom is 0.407 e. The second-order valence-corrected chi connectivity index (χ2v) is 5.80. The third-order valence-electron chi connectivity index (χ3n) is 2.51. The number of alkyl carbamates (subject to hydrolysis) is 1. The molecular formula is C14H24N4O2. The van der Waals surface area contributed by atoms with Crippen LogP contribution in [0.2, 0.25) is 0 Å². The summed E-state index contributed by atoms with van der Waals surface area (Å²) in [7, 11) is 0. The number of nitrogens with zero attached hydrogens (tertiary/aromatic N) is 2. The fourth-order valence-corrected chi connectivity index (χ4v) is 1.66. The third-order valence-corrected chi connectivity index (χ3v) is 2.51. The average Bonchev–Trinajstić information content (AvgIpc) is 2.35. The van der Waals surface area contributed by atoms with Crippen LogP contribution < -0.4 is 10.6 Å². The van der Waals surface area contributed by atoms with Crippen molar-refractivity contribution in [3.05, 3.63) is 24.3 Å². The zero-order chi connectivity index (χ0) is 15.2. The Labute approximate surface area is 120 Å². The number of ether oxygens (including phenoxy) is 1. The largest absolute Gasteiger partial charge is 0.444 e. The molecule has 1 rings (SSSR count). The minimum absolute atomic E-state index is 0.0686. The Morgan fingerprint density at radius 3 is 2.60 bits per heavy atom. The van der Waals surface area contributed by atoms with Crippen LogP contribution in [0, 0.1) is 0 Å². The van der Waals surface area contributed by atoms with E-state index in [1.54, 1.807) is 18.6 Å². The minimum atomic E-state index is -0.479. The number of nitrogens with one attached hydrogen (secondary N) is 2. The van der Waals surface area contributed by atoms with E-state index in [0.717, 1.165) is 5.69 Å². The molecule has 0 saturated heterocycles. The molecule has 0 aliphatic carbocycles. The van der Waals surface area contributed by atoms with Gasteiger partial charge in [-0.3, -0.25) is 9.97 Å². The van der Waals surface area contributed by atoms with Crippen molar-refractivity contribution in [2.45, 2.75) is 52.3 Å². The molecule has 0 radical (unpaired) electrons. The Morgan fingerprint density at radius 2 is 2.05 bits per heavy atom. The fourth-order valence-electron chi connectivity index (χ4n) is 1.66. The first-order valence-electron chi connectivity index (χ1n) is 6.77. The number of aromatic nitrogens is 2. The number of hydrogen-bond donors (Lipinski definition) is 2. The highest BCUT2D eigenvalue weighted by molar-refractivity contribution is 5.67. The van der Waals surface area contributed by atoms with Gasteiger partial charge in [-0.05, 0) is 34.6 Å². The summed E-state index contributed by atoms with van der Waals surface area (Å²) in [6.07, 6.45) is 4.63. The van der Waals surface area contributed by atoms with Gasteiger partial charge in [0.15, 0.2) is 0 Å². The van der Waals surface area contributed by atoms with E-state index in [2.05, 4.69) is 20.6 Å². The second kappa shape index (κ2) is 7.19. The number of hydrogen-bond acceptors (Lipinski definition) is 5. The van der Waals surface area contributed by atoms with Gasteiger partial charge in [0.05, 0.1) is 5.69 Å². The van der Waals surface area contributed by atoms with E-state index in [4.69, 9.17) is 4.74 Å². The van der Waals surface area contributed by atoms with Gasteiger partial charge in [0.1, 0.15) is 5.60 Å². The molecule has 1 heterocycles. The monoisotopic (exact) mass is 280 g/mol. The van der Waals surface area contributed by atoms with Crippen molar-refractivity contribution in [2.24, 2.45) is 0 Å². The average molecular weight is 280 g/mol. The molecule has 1 aromatic heterocycles. The second-order valence-electron chi connectivity index (χ2n) is 5.80. The number of carbonyl (C=O) groups excluding carboxylic acids is 1. The molecule has 1 amide bonds. The summed E-state index contributed by atoms with van der Waals surface area (Å²) in [4.78, 5) is 19.8. The van der Waals surface area contributed by atoms with E-state index < -0.39 is 11.7 Å². The minimum Gasteiger partial charge on any atom is -0.444 e. The van der Waals surface area contributed by atoms with E-state index in [9.17, 15) is 4.79 Å². The molecule has 2 N–H and O–H groups in total. The first kappa shape index (κ1) is 16.4. The molecule has 20 heavy (non-hydrogen) atoms. The van der Waals surface area contributed by atoms with Crippen LogP contribution in [0.4, 0.5) is 4.79 Å². The Morgan fingerprint density at radius 1 is 1.35 bits per heavy atom. The van der Waals surface area contributed by atoms with Gasteiger partial charge in [-0.15, -0.1) is 0 Å². The number of carbonyl (C=O) groups is 1. The van der Waals surface area contributed by atoms with E-state index in [1.165, 1.54) is 0 Å². The molecule has 112 valence electrons. The summed E-state index contributed by atoms with van der Waals surface area (Å²) < 4.78 is 5.18. The van der Waals surface area contributed by atoms with Gasteiger partial charge in [0.2, 0.25) is 0 Å². The van der Waals surface area contributed by atoms with Crippen molar-refractivity contribution in [3.63, 3.8) is 0 Å². The summed E-state index contributed by atoms with van der Waals surface area (Å²) in [5.41, 5.74) is 0.393. The Bertz CT molecular complexity index is 417. The van der Waals surface area contributed by atoms with Crippen molar-refractivity contribution in [2.75, 3.05) is 6.54 Å². The van der Waals surface area contributed by atoms with Crippen molar-refractivity contribution in [1.82, 2.24) is 20.6 Å². The molecule has 0 spiro atoms. The smallest absolute Gasteiger partial charge is 0.407 e. The molecular weight excluding hydrogens is 256 g/mol. The van der Waals surface area contributed by atoms with Crippen molar-refractivity contribution in [1.29, 1.82) is 0 Å². The molecule has 0 saturated carbocycles. The van der Waals surface area contributed by atoms with Crippen LogP contribution in [0.1, 0.15) is 46.4 Å². The maximum absolute atomic E-state index is 11.5. The van der Waals surface area contributed by atoms with Crippen LogP contribution in [0.25, 0.3) is 0 Å². The molecule has 1 aromatic rings. The van der Waals surface area contributed by atoms with Crippen LogP contribution in [-0.2, 0) is 4.74 Å². The lowest BCUT2D eigenvalue weighted by molar-refractivity contribution is 0.0522. The zero-order valence-corrected chi connectivity index (χ0v) is 12.8. The summed E-state index contributed by atoms with van der Waals surface area (Å²) >= 11 is 0. The van der Waals surface area contributed by atoms with Gasteiger partial charge in [-0.2, -0.15) is 0 Å². The lowest BCUT2D eigenvalue weighted by atomic mass is 10.2. The van der Waals surface area contributed by atoms with Crippen molar-refractivity contribution < 1.29 is 9.53 Å². The summed E-state index contributed by atoms with van der Waals surface area (Å²) in [5, 5.41) is 6.08. The predicted octanol–water partition coefficient (Wildman–Crippen LogP) is 2.04. The number of rotatable bonds is 5. The molecule has 2 atom stereocenters. The van der Waals surface area contributed by atoms with Gasteiger partial charge < -0.3 is 15.4 Å². The van der Waals surface area contributed by atoms with Gasteiger partial charge in [-0.25, -0.2) is 4.79 Å². The molecule has 6 heteroatoms. The first-order valence-corrected chi connectivity index (χ1v) is 6.77.